The normalized spacial score (nSPS) is 11.7. The van der Waals surface area contributed by atoms with Crippen LogP contribution in [0.4, 0.5) is 0 Å². The summed E-state index contributed by atoms with van der Waals surface area (Å²) in [5, 5.41) is 0. The fraction of sp³-hybridized carbons (Fsp3) is 1.00. The van der Waals surface area contributed by atoms with Gasteiger partial charge in [0.2, 0.25) is 20.8 Å². The Morgan fingerprint density at radius 1 is 0.433 bits per heavy atom. The molecule has 0 radical (unpaired) electrons. The van der Waals surface area contributed by atoms with Crippen molar-refractivity contribution < 1.29 is 103 Å². The third-order valence-electron chi connectivity index (χ3n) is 3.74. The van der Waals surface area contributed by atoms with Crippen molar-refractivity contribution in [1.29, 1.82) is 0 Å². The van der Waals surface area contributed by atoms with Crippen LogP contribution in [0.1, 0.15) is 64.2 Å². The minimum atomic E-state index is -4.62. The maximum atomic E-state index is 10.2. The van der Waals surface area contributed by atoms with Crippen LogP contribution in [0.2, 0.25) is 0 Å². The summed E-state index contributed by atoms with van der Waals surface area (Å²) in [6, 6.07) is 0. The molecule has 0 aliphatic carbocycles. The van der Waals surface area contributed by atoms with Crippen LogP contribution in [0.3, 0.4) is 0 Å². The van der Waals surface area contributed by atoms with Crippen LogP contribution >= 0.6 is 0 Å². The molecule has 0 saturated heterocycles. The van der Waals surface area contributed by atoms with Gasteiger partial charge >= 0.3 is 59.1 Å². The average Bonchev–Trinajstić information content (AvgIpc) is 2.58. The van der Waals surface area contributed by atoms with Gasteiger partial charge in [0, 0.05) is 13.2 Å². The summed E-state index contributed by atoms with van der Waals surface area (Å²) in [5.74, 6) is 0. The van der Waals surface area contributed by atoms with E-state index < -0.39 is 20.8 Å². The molecule has 0 spiro atoms. The van der Waals surface area contributed by atoms with E-state index in [1.165, 1.54) is 25.7 Å². The van der Waals surface area contributed by atoms with Gasteiger partial charge in [0.05, 0.1) is 26.4 Å². The first-order valence-electron chi connectivity index (χ1n) is 9.57. The summed E-state index contributed by atoms with van der Waals surface area (Å²) in [7, 11) is -9.24. The average molecular weight is 495 g/mol. The van der Waals surface area contributed by atoms with Crippen molar-refractivity contribution in [2.45, 2.75) is 64.2 Å². The predicted molar refractivity (Wildman–Crippen MR) is 99.1 cm³/mol. The first-order chi connectivity index (χ1) is 13.2. The molecule has 0 amide bonds. The van der Waals surface area contributed by atoms with Crippen molar-refractivity contribution in [1.82, 2.24) is 0 Å². The number of hydrogen-bond donors (Lipinski definition) is 0. The van der Waals surface area contributed by atoms with E-state index in [1.54, 1.807) is 0 Å². The molecule has 10 nitrogen and oxygen atoms in total. The monoisotopic (exact) mass is 494 g/mol. The molecule has 0 saturated carbocycles. The van der Waals surface area contributed by atoms with Gasteiger partial charge in [-0.1, -0.05) is 51.4 Å². The molecule has 0 aromatic carbocycles. The summed E-state index contributed by atoms with van der Waals surface area (Å²) in [5.41, 5.74) is 0. The molecule has 0 unspecified atom stereocenters. The van der Waals surface area contributed by atoms with Gasteiger partial charge in [0.15, 0.2) is 0 Å². The molecule has 0 aliphatic rings. The van der Waals surface area contributed by atoms with Crippen LogP contribution in [0.25, 0.3) is 0 Å². The van der Waals surface area contributed by atoms with E-state index in [-0.39, 0.29) is 85.5 Å². The molecular weight excluding hydrogens is 462 g/mol. The standard InChI is InChI=1S/C16H34O10S2.2Na/c17-27(18,19)25-15-13-23-11-9-7-5-3-1-2-4-6-8-10-12-24-14-16-26-28(20,21)22;;/h1-16H2,(H,17,18,19)(H,20,21,22);;/q;2*+1/p-2. The molecule has 170 valence electrons. The molecule has 0 aromatic rings. The Balaban J connectivity index is -0.00000364. The van der Waals surface area contributed by atoms with Gasteiger partial charge in [-0.05, 0) is 12.8 Å². The summed E-state index contributed by atoms with van der Waals surface area (Å²) in [6.07, 6.45) is 10.9. The van der Waals surface area contributed by atoms with E-state index in [2.05, 4.69) is 8.37 Å². The smallest absolute Gasteiger partial charge is 0.726 e. The summed E-state index contributed by atoms with van der Waals surface area (Å²) in [4.78, 5) is 0. The number of rotatable bonds is 21. The third-order valence-corrected chi connectivity index (χ3v) is 4.65. The zero-order valence-corrected chi connectivity index (χ0v) is 23.8. The second-order valence-corrected chi connectivity index (χ2v) is 8.33. The number of hydrogen-bond acceptors (Lipinski definition) is 10. The first kappa shape index (κ1) is 36.2. The summed E-state index contributed by atoms with van der Waals surface area (Å²) < 4.78 is 79.4. The van der Waals surface area contributed by atoms with Crippen LogP contribution in [0.5, 0.6) is 0 Å². The van der Waals surface area contributed by atoms with Gasteiger partial charge in [0.25, 0.3) is 0 Å². The summed E-state index contributed by atoms with van der Waals surface area (Å²) >= 11 is 0. The minimum Gasteiger partial charge on any atom is -0.726 e. The van der Waals surface area contributed by atoms with E-state index >= 15 is 0 Å². The summed E-state index contributed by atoms with van der Waals surface area (Å²) in [6.45, 7) is 0.785. The zero-order valence-electron chi connectivity index (χ0n) is 18.2. The molecule has 0 atom stereocenters. The van der Waals surface area contributed by atoms with Crippen molar-refractivity contribution in [3.05, 3.63) is 0 Å². The van der Waals surface area contributed by atoms with Crippen LogP contribution < -0.4 is 59.1 Å². The molecule has 0 N–H and O–H groups in total. The fourth-order valence-corrected chi connectivity index (χ4v) is 2.96. The van der Waals surface area contributed by atoms with Crippen molar-refractivity contribution in [2.75, 3.05) is 39.6 Å². The molecule has 0 aliphatic heterocycles. The quantitative estimate of drug-likeness (QED) is 0.0666. The minimum absolute atomic E-state index is 0. The van der Waals surface area contributed by atoms with Crippen LogP contribution in [0.15, 0.2) is 0 Å². The SMILES string of the molecule is O=S(=O)([O-])OCCOCCCCCCCCCCCCOCCOS(=O)(=O)[O-].[Na+].[Na+]. The van der Waals surface area contributed by atoms with Crippen molar-refractivity contribution >= 4 is 20.8 Å². The van der Waals surface area contributed by atoms with Gasteiger partial charge < -0.3 is 18.6 Å². The van der Waals surface area contributed by atoms with Crippen LogP contribution in [-0.4, -0.2) is 65.6 Å². The predicted octanol–water partition coefficient (Wildman–Crippen LogP) is -4.12. The number of ether oxygens (including phenoxy) is 2. The largest absolute Gasteiger partial charge is 1.00 e. The van der Waals surface area contributed by atoms with Crippen LogP contribution in [0, 0.1) is 0 Å². The Morgan fingerprint density at radius 3 is 0.967 bits per heavy atom. The second kappa shape index (κ2) is 23.8. The zero-order chi connectivity index (χ0) is 21.1. The Bertz CT molecular complexity index is 508. The molecule has 30 heavy (non-hydrogen) atoms. The Hall–Kier alpha value is 1.66. The maximum Gasteiger partial charge on any atom is 1.00 e. The first-order valence-corrected chi connectivity index (χ1v) is 12.2. The van der Waals surface area contributed by atoms with E-state index in [9.17, 15) is 25.9 Å². The molecular formula is C16H32Na2O10S2. The molecule has 0 heterocycles. The van der Waals surface area contributed by atoms with Gasteiger partial charge in [-0.25, -0.2) is 16.8 Å². The Labute approximate surface area is 225 Å². The van der Waals surface area contributed by atoms with Gasteiger partial charge in [-0.2, -0.15) is 0 Å². The molecule has 0 aromatic heterocycles. The molecule has 0 bridgehead atoms. The maximum absolute atomic E-state index is 10.2. The Kier molecular flexibility index (Phi) is 28.8. The topological polar surface area (TPSA) is 151 Å². The van der Waals surface area contributed by atoms with Gasteiger partial charge in [-0.15, -0.1) is 0 Å². The van der Waals surface area contributed by atoms with E-state index in [0.29, 0.717) is 13.2 Å². The molecule has 0 rings (SSSR count). The van der Waals surface area contributed by atoms with Gasteiger partial charge in [-0.3, -0.25) is 8.37 Å². The number of unbranched alkanes of at least 4 members (excludes halogenated alkanes) is 9. The van der Waals surface area contributed by atoms with E-state index in [0.717, 1.165) is 38.5 Å². The van der Waals surface area contributed by atoms with Crippen LogP contribution in [-0.2, 0) is 38.6 Å². The van der Waals surface area contributed by atoms with Crippen molar-refractivity contribution in [3.8, 4) is 0 Å². The van der Waals surface area contributed by atoms with Crippen molar-refractivity contribution in [2.24, 2.45) is 0 Å². The second-order valence-electron chi connectivity index (χ2n) is 6.22. The molecule has 14 heteroatoms. The van der Waals surface area contributed by atoms with Crippen molar-refractivity contribution in [3.63, 3.8) is 0 Å². The fourth-order valence-electron chi connectivity index (χ4n) is 2.42. The van der Waals surface area contributed by atoms with E-state index in [4.69, 9.17) is 9.47 Å². The van der Waals surface area contributed by atoms with E-state index in [1.807, 2.05) is 0 Å². The van der Waals surface area contributed by atoms with Gasteiger partial charge in [0.1, 0.15) is 0 Å². The third kappa shape index (κ3) is 34.3. The molecule has 0 fully saturated rings. The Morgan fingerprint density at radius 2 is 0.700 bits per heavy atom.